The number of alkyl halides is 2. The number of halogens is 2. The molecule has 3 N–H and O–H groups in total. The number of aromatic nitrogens is 2. The number of hydrogen-bond donors (Lipinski definition) is 3. The Morgan fingerprint density at radius 3 is 2.53 bits per heavy atom. The van der Waals surface area contributed by atoms with Gasteiger partial charge in [-0.1, -0.05) is 19.3 Å². The second-order valence-electron chi connectivity index (χ2n) is 9.55. The van der Waals surface area contributed by atoms with Crippen LogP contribution in [0.2, 0.25) is 0 Å². The zero-order chi connectivity index (χ0) is 24.7. The molecule has 2 amide bonds. The lowest BCUT2D eigenvalue weighted by molar-refractivity contribution is -0.125. The Morgan fingerprint density at radius 2 is 1.88 bits per heavy atom. The minimum atomic E-state index is -2.84. The number of carbonyl (C=O) groups excluding carboxylic acids is 2. The van der Waals surface area contributed by atoms with E-state index in [1.54, 1.807) is 20.8 Å². The van der Waals surface area contributed by atoms with Crippen LogP contribution in [-0.2, 0) is 9.47 Å². The van der Waals surface area contributed by atoms with Crippen LogP contribution in [0, 0.1) is 0 Å². The van der Waals surface area contributed by atoms with E-state index >= 15 is 0 Å². The van der Waals surface area contributed by atoms with Crippen molar-refractivity contribution in [3.05, 3.63) is 11.8 Å². The number of anilines is 2. The van der Waals surface area contributed by atoms with Crippen molar-refractivity contribution in [3.63, 3.8) is 0 Å². The summed E-state index contributed by atoms with van der Waals surface area (Å²) < 4.78 is 33.8. The summed E-state index contributed by atoms with van der Waals surface area (Å²) in [6, 6.07) is -0.0107. The first-order valence-electron chi connectivity index (χ1n) is 11.7. The molecular formula is C22H34F2N6O4. The molecule has 1 saturated heterocycles. The molecule has 2 fully saturated rings. The Kier molecular flexibility index (Phi) is 8.81. The van der Waals surface area contributed by atoms with E-state index in [1.165, 1.54) is 17.5 Å². The first kappa shape index (κ1) is 25.9. The van der Waals surface area contributed by atoms with Gasteiger partial charge in [-0.3, -0.25) is 4.79 Å². The molecule has 0 spiro atoms. The van der Waals surface area contributed by atoms with Gasteiger partial charge < -0.3 is 30.3 Å². The predicted molar refractivity (Wildman–Crippen MR) is 122 cm³/mol. The number of nitrogens with zero attached hydrogens (tertiary/aromatic N) is 3. The van der Waals surface area contributed by atoms with E-state index in [2.05, 4.69) is 30.7 Å². The van der Waals surface area contributed by atoms with Crippen molar-refractivity contribution in [1.82, 2.24) is 20.2 Å². The number of amides is 2. The SMILES string of the molecule is CC(C)(C)OC(=O)N1CC(NC(=O)c2cnc(NCCOC(F)F)nc2NC2CCCCC2)C1. The third-order valence-electron chi connectivity index (χ3n) is 5.48. The van der Waals surface area contributed by atoms with Gasteiger partial charge in [0.1, 0.15) is 17.0 Å². The van der Waals surface area contributed by atoms with E-state index in [1.807, 2.05) is 0 Å². The van der Waals surface area contributed by atoms with Crippen LogP contribution in [0.5, 0.6) is 0 Å². The highest BCUT2D eigenvalue weighted by Crippen LogP contribution is 2.24. The van der Waals surface area contributed by atoms with Crippen LogP contribution in [0.3, 0.4) is 0 Å². The molecule has 0 aromatic carbocycles. The third kappa shape index (κ3) is 7.93. The van der Waals surface area contributed by atoms with E-state index < -0.39 is 18.3 Å². The van der Waals surface area contributed by atoms with Crippen LogP contribution in [0.25, 0.3) is 0 Å². The fraction of sp³-hybridized carbons (Fsp3) is 0.727. The average Bonchev–Trinajstić information content (AvgIpc) is 2.73. The minimum Gasteiger partial charge on any atom is -0.444 e. The van der Waals surface area contributed by atoms with Crippen LogP contribution in [0.1, 0.15) is 63.2 Å². The molecule has 1 aliphatic carbocycles. The molecule has 0 atom stereocenters. The normalized spacial score (nSPS) is 17.3. The van der Waals surface area contributed by atoms with Crippen molar-refractivity contribution >= 4 is 23.8 Å². The summed E-state index contributed by atoms with van der Waals surface area (Å²) in [5.41, 5.74) is -0.292. The quantitative estimate of drug-likeness (QED) is 0.458. The fourth-order valence-corrected chi connectivity index (χ4v) is 3.80. The standard InChI is InChI=1S/C22H34F2N6O4/c1-22(2,3)34-21(32)30-12-15(13-30)28-18(31)16-11-26-20(25-9-10-33-19(23)24)29-17(16)27-14-7-5-4-6-8-14/h11,14-15,19H,4-10,12-13H2,1-3H3,(H,28,31)(H2,25,26,27,29). The van der Waals surface area contributed by atoms with Gasteiger partial charge in [-0.25, -0.2) is 9.78 Å². The number of hydrogen-bond acceptors (Lipinski definition) is 8. The maximum Gasteiger partial charge on any atom is 0.410 e. The number of ether oxygens (including phenoxy) is 2. The summed E-state index contributed by atoms with van der Waals surface area (Å²) in [5.74, 6) is 0.257. The van der Waals surface area contributed by atoms with Crippen molar-refractivity contribution in [2.24, 2.45) is 0 Å². The molecule has 1 aromatic rings. The zero-order valence-corrected chi connectivity index (χ0v) is 19.9. The van der Waals surface area contributed by atoms with Gasteiger partial charge in [0.25, 0.3) is 5.91 Å². The average molecular weight is 485 g/mol. The molecule has 2 aliphatic rings. The highest BCUT2D eigenvalue weighted by molar-refractivity contribution is 5.99. The smallest absolute Gasteiger partial charge is 0.410 e. The van der Waals surface area contributed by atoms with Crippen LogP contribution in [-0.4, -0.2) is 77.4 Å². The topological polar surface area (TPSA) is 118 Å². The van der Waals surface area contributed by atoms with E-state index in [4.69, 9.17) is 4.74 Å². The van der Waals surface area contributed by atoms with Crippen molar-refractivity contribution in [1.29, 1.82) is 0 Å². The molecule has 0 unspecified atom stereocenters. The second kappa shape index (κ2) is 11.6. The highest BCUT2D eigenvalue weighted by atomic mass is 19.3. The lowest BCUT2D eigenvalue weighted by Crippen LogP contribution is -2.61. The molecule has 10 nitrogen and oxygen atoms in total. The second-order valence-corrected chi connectivity index (χ2v) is 9.55. The van der Waals surface area contributed by atoms with E-state index in [9.17, 15) is 18.4 Å². The van der Waals surface area contributed by atoms with Crippen LogP contribution >= 0.6 is 0 Å². The molecule has 0 bridgehead atoms. The van der Waals surface area contributed by atoms with Crippen LogP contribution < -0.4 is 16.0 Å². The Morgan fingerprint density at radius 1 is 1.18 bits per heavy atom. The largest absolute Gasteiger partial charge is 0.444 e. The number of nitrogens with one attached hydrogen (secondary N) is 3. The fourth-order valence-electron chi connectivity index (χ4n) is 3.80. The lowest BCUT2D eigenvalue weighted by Gasteiger charge is -2.40. The van der Waals surface area contributed by atoms with E-state index in [0.29, 0.717) is 18.9 Å². The van der Waals surface area contributed by atoms with Crippen molar-refractivity contribution in [2.45, 2.75) is 77.2 Å². The van der Waals surface area contributed by atoms with Crippen molar-refractivity contribution < 1.29 is 27.8 Å². The number of likely N-dealkylation sites (tertiary alicyclic amines) is 1. The Bertz CT molecular complexity index is 839. The summed E-state index contributed by atoms with van der Waals surface area (Å²) >= 11 is 0. The summed E-state index contributed by atoms with van der Waals surface area (Å²) in [6.07, 6.45) is 6.34. The van der Waals surface area contributed by atoms with Gasteiger partial charge in [-0.2, -0.15) is 13.8 Å². The summed E-state index contributed by atoms with van der Waals surface area (Å²) in [7, 11) is 0. The zero-order valence-electron chi connectivity index (χ0n) is 19.9. The molecule has 1 aromatic heterocycles. The predicted octanol–water partition coefficient (Wildman–Crippen LogP) is 3.22. The minimum absolute atomic E-state index is 0.0985. The third-order valence-corrected chi connectivity index (χ3v) is 5.48. The van der Waals surface area contributed by atoms with Gasteiger partial charge in [-0.15, -0.1) is 0 Å². The van der Waals surface area contributed by atoms with Gasteiger partial charge in [0, 0.05) is 31.9 Å². The maximum absolute atomic E-state index is 13.0. The van der Waals surface area contributed by atoms with Crippen LogP contribution in [0.4, 0.5) is 25.3 Å². The van der Waals surface area contributed by atoms with E-state index in [0.717, 1.165) is 25.7 Å². The monoisotopic (exact) mass is 484 g/mol. The lowest BCUT2D eigenvalue weighted by atomic mass is 9.95. The van der Waals surface area contributed by atoms with Gasteiger partial charge in [0.15, 0.2) is 0 Å². The van der Waals surface area contributed by atoms with Crippen LogP contribution in [0.15, 0.2) is 6.20 Å². The van der Waals surface area contributed by atoms with Gasteiger partial charge in [0.05, 0.1) is 12.6 Å². The Balaban J connectivity index is 1.60. The number of rotatable bonds is 9. The molecule has 34 heavy (non-hydrogen) atoms. The molecule has 2 heterocycles. The number of carbonyl (C=O) groups is 2. The molecule has 0 radical (unpaired) electrons. The van der Waals surface area contributed by atoms with Gasteiger partial charge >= 0.3 is 12.7 Å². The van der Waals surface area contributed by atoms with Crippen molar-refractivity contribution in [2.75, 3.05) is 36.9 Å². The molecule has 1 aliphatic heterocycles. The first-order valence-corrected chi connectivity index (χ1v) is 11.7. The molecule has 3 rings (SSSR count). The summed E-state index contributed by atoms with van der Waals surface area (Å²) in [5, 5.41) is 9.10. The van der Waals surface area contributed by atoms with E-state index in [-0.39, 0.29) is 42.7 Å². The maximum atomic E-state index is 13.0. The molecule has 12 heteroatoms. The Hall–Kier alpha value is -2.76. The summed E-state index contributed by atoms with van der Waals surface area (Å²) in [6.45, 7) is 3.17. The summed E-state index contributed by atoms with van der Waals surface area (Å²) in [4.78, 5) is 35.2. The Labute approximate surface area is 198 Å². The first-order chi connectivity index (χ1) is 16.1. The van der Waals surface area contributed by atoms with Gasteiger partial charge in [-0.05, 0) is 33.6 Å². The van der Waals surface area contributed by atoms with Gasteiger partial charge in [0.2, 0.25) is 5.95 Å². The molecule has 190 valence electrons. The molecule has 1 saturated carbocycles. The highest BCUT2D eigenvalue weighted by Gasteiger charge is 2.35. The molecular weight excluding hydrogens is 450 g/mol. The van der Waals surface area contributed by atoms with Crippen molar-refractivity contribution in [3.8, 4) is 0 Å².